The molecule has 19 heavy (non-hydrogen) atoms. The van der Waals surface area contributed by atoms with E-state index in [4.69, 9.17) is 10.8 Å². The molecule has 1 saturated heterocycles. The minimum absolute atomic E-state index is 0. The summed E-state index contributed by atoms with van der Waals surface area (Å²) < 4.78 is 0. The van der Waals surface area contributed by atoms with E-state index in [1.807, 2.05) is 0 Å². The average molecular weight is 323 g/mol. The maximum Gasteiger partial charge on any atom is 0.146 e. The van der Waals surface area contributed by atoms with Crippen molar-refractivity contribution in [2.24, 2.45) is 11.7 Å². The van der Waals surface area contributed by atoms with E-state index in [-0.39, 0.29) is 24.8 Å². The number of hydrogen-bond donors (Lipinski definition) is 7. The van der Waals surface area contributed by atoms with Gasteiger partial charge in [-0.2, -0.15) is 0 Å². The van der Waals surface area contributed by atoms with Gasteiger partial charge in [-0.1, -0.05) is 0 Å². The molecule has 1 aliphatic heterocycles. The Hall–Kier alpha value is 0.300. The molecule has 5 unspecified atom stereocenters. The fraction of sp³-hybridized carbons (Fsp3) is 1.00. The van der Waals surface area contributed by atoms with Crippen LogP contribution in [0.15, 0.2) is 0 Å². The number of hydrogen-bond acceptors (Lipinski definition) is 7. The first-order valence-electron chi connectivity index (χ1n) is 5.72. The predicted octanol–water partition coefficient (Wildman–Crippen LogP) is -2.45. The van der Waals surface area contributed by atoms with Crippen molar-refractivity contribution in [2.75, 3.05) is 13.1 Å². The van der Waals surface area contributed by atoms with Crippen molar-refractivity contribution in [2.45, 2.75) is 43.5 Å². The first-order chi connectivity index (χ1) is 7.78. The Balaban J connectivity index is 0. The molecule has 1 heterocycles. The Morgan fingerprint density at radius 3 is 2.05 bits per heavy atom. The first kappa shape index (κ1) is 21.6. The van der Waals surface area contributed by atoms with Crippen molar-refractivity contribution in [3.63, 3.8) is 0 Å². The SMILES string of the molecule is CC(O)C(O)C(O)C(O)C(N)(O)[C@@H]1CCNC1.Cl.Cl. The summed E-state index contributed by atoms with van der Waals surface area (Å²) in [5, 5.41) is 51.0. The highest BCUT2D eigenvalue weighted by atomic mass is 35.5. The normalized spacial score (nSPS) is 28.3. The Labute approximate surface area is 124 Å². The molecule has 1 fully saturated rings. The standard InChI is InChI=1S/C10H22N2O5.2ClH/c1-5(13)7(14)8(15)9(16)10(11,17)6-2-3-12-4-6;;/h5-9,12-17H,2-4,11H2,1H3;2*1H/t5?,6-,7?,8?,9?,10?;;/m1../s1. The second-order valence-electron chi connectivity index (χ2n) is 4.74. The Morgan fingerprint density at radius 1 is 1.16 bits per heavy atom. The topological polar surface area (TPSA) is 139 Å². The third-order valence-corrected chi connectivity index (χ3v) is 3.36. The molecule has 0 amide bonds. The lowest BCUT2D eigenvalue weighted by atomic mass is 9.86. The van der Waals surface area contributed by atoms with Crippen LogP contribution in [-0.4, -0.2) is 68.8 Å². The van der Waals surface area contributed by atoms with E-state index in [9.17, 15) is 20.4 Å². The third-order valence-electron chi connectivity index (χ3n) is 3.36. The van der Waals surface area contributed by atoms with Gasteiger partial charge in [-0.05, 0) is 19.9 Å². The Morgan fingerprint density at radius 2 is 1.68 bits per heavy atom. The van der Waals surface area contributed by atoms with Gasteiger partial charge in [0.1, 0.15) is 24.0 Å². The fourth-order valence-electron chi connectivity index (χ4n) is 2.04. The van der Waals surface area contributed by atoms with Gasteiger partial charge in [-0.15, -0.1) is 24.8 Å². The summed E-state index contributed by atoms with van der Waals surface area (Å²) in [6.45, 7) is 2.38. The van der Waals surface area contributed by atoms with E-state index < -0.39 is 36.1 Å². The zero-order valence-corrected chi connectivity index (χ0v) is 12.3. The van der Waals surface area contributed by atoms with Crippen molar-refractivity contribution in [3.8, 4) is 0 Å². The van der Waals surface area contributed by atoms with Gasteiger partial charge in [-0.3, -0.25) is 0 Å². The van der Waals surface area contributed by atoms with Gasteiger partial charge in [0.25, 0.3) is 0 Å². The highest BCUT2D eigenvalue weighted by Gasteiger charge is 2.46. The summed E-state index contributed by atoms with van der Waals surface area (Å²) in [6.07, 6.45) is -5.64. The molecule has 0 aromatic heterocycles. The zero-order valence-electron chi connectivity index (χ0n) is 10.6. The van der Waals surface area contributed by atoms with E-state index in [1.54, 1.807) is 0 Å². The van der Waals surface area contributed by atoms with Gasteiger partial charge < -0.3 is 36.6 Å². The van der Waals surface area contributed by atoms with Gasteiger partial charge in [0.15, 0.2) is 0 Å². The molecule has 7 nitrogen and oxygen atoms in total. The van der Waals surface area contributed by atoms with Crippen molar-refractivity contribution in [3.05, 3.63) is 0 Å². The second-order valence-corrected chi connectivity index (χ2v) is 4.74. The number of nitrogens with one attached hydrogen (secondary N) is 1. The number of aliphatic hydroxyl groups is 5. The van der Waals surface area contributed by atoms with Crippen molar-refractivity contribution in [1.82, 2.24) is 5.32 Å². The van der Waals surface area contributed by atoms with Crippen LogP contribution in [-0.2, 0) is 0 Å². The second kappa shape index (κ2) is 8.56. The van der Waals surface area contributed by atoms with Gasteiger partial charge in [0, 0.05) is 12.5 Å². The van der Waals surface area contributed by atoms with E-state index in [2.05, 4.69) is 5.32 Å². The minimum Gasteiger partial charge on any atom is -0.391 e. The molecule has 6 atom stereocenters. The molecule has 0 spiro atoms. The van der Waals surface area contributed by atoms with Crippen LogP contribution in [0, 0.1) is 5.92 Å². The summed E-state index contributed by atoms with van der Waals surface area (Å²) in [5.74, 6) is -0.409. The molecule has 1 rings (SSSR count). The van der Waals surface area contributed by atoms with E-state index in [0.29, 0.717) is 19.5 Å². The summed E-state index contributed by atoms with van der Waals surface area (Å²) in [7, 11) is 0. The summed E-state index contributed by atoms with van der Waals surface area (Å²) >= 11 is 0. The highest BCUT2D eigenvalue weighted by molar-refractivity contribution is 5.85. The van der Waals surface area contributed by atoms with Crippen LogP contribution in [0.1, 0.15) is 13.3 Å². The fourth-order valence-corrected chi connectivity index (χ4v) is 2.04. The van der Waals surface area contributed by atoms with Crippen LogP contribution in [0.4, 0.5) is 0 Å². The van der Waals surface area contributed by atoms with Crippen LogP contribution in [0.5, 0.6) is 0 Å². The number of rotatable bonds is 5. The van der Waals surface area contributed by atoms with Crippen LogP contribution < -0.4 is 11.1 Å². The molecule has 0 bridgehead atoms. The lowest BCUT2D eigenvalue weighted by molar-refractivity contribution is -0.181. The van der Waals surface area contributed by atoms with E-state index >= 15 is 0 Å². The van der Waals surface area contributed by atoms with Gasteiger partial charge in [0.05, 0.1) is 6.10 Å². The largest absolute Gasteiger partial charge is 0.391 e. The smallest absolute Gasteiger partial charge is 0.146 e. The van der Waals surface area contributed by atoms with Gasteiger partial charge in [0.2, 0.25) is 0 Å². The monoisotopic (exact) mass is 322 g/mol. The molecule has 118 valence electrons. The number of nitrogens with two attached hydrogens (primary N) is 1. The summed E-state index contributed by atoms with van der Waals surface area (Å²) in [6, 6.07) is 0. The molecular weight excluding hydrogens is 299 g/mol. The van der Waals surface area contributed by atoms with Crippen LogP contribution in [0.2, 0.25) is 0 Å². The molecule has 1 aliphatic rings. The van der Waals surface area contributed by atoms with Crippen molar-refractivity contribution < 1.29 is 25.5 Å². The molecule has 0 aromatic carbocycles. The summed E-state index contributed by atoms with van der Waals surface area (Å²) in [5.41, 5.74) is 3.62. The summed E-state index contributed by atoms with van der Waals surface area (Å²) in [4.78, 5) is 0. The lowest BCUT2D eigenvalue weighted by Gasteiger charge is -2.38. The minimum atomic E-state index is -2.00. The zero-order chi connectivity index (χ0) is 13.2. The van der Waals surface area contributed by atoms with E-state index in [0.717, 1.165) is 0 Å². The first-order valence-corrected chi connectivity index (χ1v) is 5.72. The Kier molecular flexibility index (Phi) is 9.73. The maximum atomic E-state index is 10.0. The van der Waals surface area contributed by atoms with Crippen molar-refractivity contribution in [1.29, 1.82) is 0 Å². The quantitative estimate of drug-likeness (QED) is 0.279. The number of halogens is 2. The highest BCUT2D eigenvalue weighted by Crippen LogP contribution is 2.25. The third kappa shape index (κ3) is 4.96. The maximum absolute atomic E-state index is 10.0. The van der Waals surface area contributed by atoms with Gasteiger partial charge >= 0.3 is 0 Å². The van der Waals surface area contributed by atoms with Crippen LogP contribution >= 0.6 is 24.8 Å². The molecule has 8 N–H and O–H groups in total. The Bertz CT molecular complexity index is 252. The van der Waals surface area contributed by atoms with Gasteiger partial charge in [-0.25, -0.2) is 0 Å². The van der Waals surface area contributed by atoms with E-state index in [1.165, 1.54) is 6.92 Å². The molecule has 0 aromatic rings. The van der Waals surface area contributed by atoms with Crippen LogP contribution in [0.3, 0.4) is 0 Å². The molecule has 0 aliphatic carbocycles. The molecule has 0 radical (unpaired) electrons. The predicted molar refractivity (Wildman–Crippen MR) is 74.3 cm³/mol. The molecular formula is C10H24Cl2N2O5. The average Bonchev–Trinajstić information content (AvgIpc) is 2.79. The van der Waals surface area contributed by atoms with Crippen molar-refractivity contribution >= 4 is 24.8 Å². The lowest BCUT2D eigenvalue weighted by Crippen LogP contribution is -2.63. The van der Waals surface area contributed by atoms with Crippen LogP contribution in [0.25, 0.3) is 0 Å². The molecule has 9 heteroatoms. The molecule has 0 saturated carbocycles. The number of aliphatic hydroxyl groups excluding tert-OH is 4.